The monoisotopic (exact) mass is 263 g/mol. The van der Waals surface area contributed by atoms with Crippen LogP contribution in [0.1, 0.15) is 5.56 Å². The van der Waals surface area contributed by atoms with Crippen LogP contribution in [0.15, 0.2) is 24.4 Å². The molecule has 1 heterocycles. The highest BCUT2D eigenvalue weighted by Gasteiger charge is 2.12. The van der Waals surface area contributed by atoms with Gasteiger partial charge in [-0.2, -0.15) is 0 Å². The first kappa shape index (κ1) is 10.8. The molecule has 0 aliphatic heterocycles. The zero-order chi connectivity index (χ0) is 11.1. The second-order valence-corrected chi connectivity index (χ2v) is 6.34. The molecule has 0 amide bonds. The lowest BCUT2D eigenvalue weighted by atomic mass is 10.2. The van der Waals surface area contributed by atoms with E-state index in [0.29, 0.717) is 16.1 Å². The Hall–Kier alpha value is -0.710. The second kappa shape index (κ2) is 3.70. The SMILES string of the molecule is O=S(=O)(Cl)Cc1cccc2c(Cl)c[nH]c12. The number of fused-ring (bicyclic) bond motifs is 1. The predicted molar refractivity (Wildman–Crippen MR) is 61.8 cm³/mol. The van der Waals surface area contributed by atoms with E-state index in [0.717, 1.165) is 5.39 Å². The summed E-state index contributed by atoms with van der Waals surface area (Å²) in [5, 5.41) is 1.37. The molecule has 0 saturated carbocycles. The fourth-order valence-corrected chi connectivity index (χ4v) is 2.67. The normalized spacial score (nSPS) is 12.1. The molecule has 0 spiro atoms. The van der Waals surface area contributed by atoms with Crippen molar-refractivity contribution in [3.8, 4) is 0 Å². The van der Waals surface area contributed by atoms with Crippen molar-refractivity contribution in [1.82, 2.24) is 4.98 Å². The lowest BCUT2D eigenvalue weighted by Crippen LogP contribution is -1.95. The highest BCUT2D eigenvalue weighted by molar-refractivity contribution is 8.13. The third-order valence-corrected chi connectivity index (χ3v) is 3.38. The van der Waals surface area contributed by atoms with Crippen LogP contribution >= 0.6 is 22.3 Å². The molecule has 0 saturated heterocycles. The molecule has 0 atom stereocenters. The number of H-pyrrole nitrogens is 1. The lowest BCUT2D eigenvalue weighted by molar-refractivity contribution is 0.609. The van der Waals surface area contributed by atoms with E-state index in [2.05, 4.69) is 4.98 Å². The van der Waals surface area contributed by atoms with Crippen molar-refractivity contribution >= 4 is 42.2 Å². The molecule has 6 heteroatoms. The first-order chi connectivity index (χ1) is 6.97. The molecule has 1 aromatic carbocycles. The van der Waals surface area contributed by atoms with Gasteiger partial charge in [0, 0.05) is 22.3 Å². The minimum absolute atomic E-state index is 0.206. The summed E-state index contributed by atoms with van der Waals surface area (Å²) in [4.78, 5) is 2.92. The molecule has 0 radical (unpaired) electrons. The summed E-state index contributed by atoms with van der Waals surface area (Å²) in [6.45, 7) is 0. The van der Waals surface area contributed by atoms with Crippen molar-refractivity contribution in [2.75, 3.05) is 0 Å². The third kappa shape index (κ3) is 2.27. The first-order valence-electron chi connectivity index (χ1n) is 4.14. The second-order valence-electron chi connectivity index (χ2n) is 3.16. The number of halogens is 2. The van der Waals surface area contributed by atoms with E-state index in [-0.39, 0.29) is 5.75 Å². The van der Waals surface area contributed by atoms with Gasteiger partial charge in [0.15, 0.2) is 0 Å². The molecule has 2 rings (SSSR count). The van der Waals surface area contributed by atoms with E-state index in [1.807, 2.05) is 6.07 Å². The Balaban J connectivity index is 2.62. The summed E-state index contributed by atoms with van der Waals surface area (Å²) in [7, 11) is 1.65. The molecule has 0 unspecified atom stereocenters. The molecular formula is C9H7Cl2NO2S. The van der Waals surface area contributed by atoms with Crippen LogP contribution in [0.25, 0.3) is 10.9 Å². The molecule has 15 heavy (non-hydrogen) atoms. The van der Waals surface area contributed by atoms with E-state index in [1.165, 1.54) is 0 Å². The lowest BCUT2D eigenvalue weighted by Gasteiger charge is -2.00. The number of benzene rings is 1. The van der Waals surface area contributed by atoms with Gasteiger partial charge < -0.3 is 4.98 Å². The van der Waals surface area contributed by atoms with Gasteiger partial charge in [-0.15, -0.1) is 0 Å². The Kier molecular flexibility index (Phi) is 2.66. The van der Waals surface area contributed by atoms with Gasteiger partial charge in [0.1, 0.15) is 0 Å². The maximum atomic E-state index is 11.0. The van der Waals surface area contributed by atoms with Crippen molar-refractivity contribution in [3.63, 3.8) is 0 Å². The number of hydrogen-bond donors (Lipinski definition) is 1. The fraction of sp³-hybridized carbons (Fsp3) is 0.111. The first-order valence-corrected chi connectivity index (χ1v) is 7.00. The zero-order valence-corrected chi connectivity index (χ0v) is 9.83. The summed E-state index contributed by atoms with van der Waals surface area (Å²) in [5.41, 5.74) is 1.33. The largest absolute Gasteiger partial charge is 0.359 e. The highest BCUT2D eigenvalue weighted by Crippen LogP contribution is 2.26. The van der Waals surface area contributed by atoms with Gasteiger partial charge in [-0.3, -0.25) is 0 Å². The molecule has 80 valence electrons. The van der Waals surface area contributed by atoms with Crippen molar-refractivity contribution in [3.05, 3.63) is 35.0 Å². The highest BCUT2D eigenvalue weighted by atomic mass is 35.7. The van der Waals surface area contributed by atoms with Crippen LogP contribution in [-0.4, -0.2) is 13.4 Å². The van der Waals surface area contributed by atoms with Crippen LogP contribution in [0.2, 0.25) is 5.02 Å². The van der Waals surface area contributed by atoms with Crippen molar-refractivity contribution < 1.29 is 8.42 Å². The number of aromatic amines is 1. The Morgan fingerprint density at radius 1 is 1.33 bits per heavy atom. The van der Waals surface area contributed by atoms with Crippen LogP contribution < -0.4 is 0 Å². The number of hydrogen-bond acceptors (Lipinski definition) is 2. The van der Waals surface area contributed by atoms with Crippen LogP contribution in [0.3, 0.4) is 0 Å². The minimum Gasteiger partial charge on any atom is -0.359 e. The quantitative estimate of drug-likeness (QED) is 0.848. The maximum absolute atomic E-state index is 11.0. The van der Waals surface area contributed by atoms with Crippen molar-refractivity contribution in [1.29, 1.82) is 0 Å². The molecular weight excluding hydrogens is 257 g/mol. The summed E-state index contributed by atoms with van der Waals surface area (Å²) >= 11 is 5.90. The van der Waals surface area contributed by atoms with E-state index in [9.17, 15) is 8.42 Å². The van der Waals surface area contributed by atoms with Crippen LogP contribution in [0, 0.1) is 0 Å². The molecule has 0 aliphatic rings. The predicted octanol–water partition coefficient (Wildman–Crippen LogP) is 2.89. The van der Waals surface area contributed by atoms with Crippen LogP contribution in [0.5, 0.6) is 0 Å². The molecule has 3 nitrogen and oxygen atoms in total. The van der Waals surface area contributed by atoms with E-state index >= 15 is 0 Å². The number of nitrogens with one attached hydrogen (secondary N) is 1. The van der Waals surface area contributed by atoms with E-state index in [1.54, 1.807) is 18.3 Å². The number of para-hydroxylation sites is 1. The molecule has 0 aliphatic carbocycles. The topological polar surface area (TPSA) is 49.9 Å². The molecule has 2 aromatic rings. The smallest absolute Gasteiger partial charge is 0.236 e. The van der Waals surface area contributed by atoms with Gasteiger partial charge in [-0.05, 0) is 5.56 Å². The average Bonchev–Trinajstić information content (AvgIpc) is 2.47. The van der Waals surface area contributed by atoms with Gasteiger partial charge in [0.05, 0.1) is 16.3 Å². The van der Waals surface area contributed by atoms with Gasteiger partial charge in [-0.25, -0.2) is 8.42 Å². The van der Waals surface area contributed by atoms with E-state index < -0.39 is 9.05 Å². The van der Waals surface area contributed by atoms with Gasteiger partial charge in [0.25, 0.3) is 0 Å². The summed E-state index contributed by atoms with van der Waals surface area (Å²) < 4.78 is 21.9. The Morgan fingerprint density at radius 2 is 2.07 bits per heavy atom. The van der Waals surface area contributed by atoms with Crippen molar-refractivity contribution in [2.24, 2.45) is 0 Å². The Morgan fingerprint density at radius 3 is 2.73 bits per heavy atom. The Labute approximate surface area is 96.4 Å². The molecule has 1 N–H and O–H groups in total. The van der Waals surface area contributed by atoms with Gasteiger partial charge >= 0.3 is 0 Å². The molecule has 1 aromatic heterocycles. The maximum Gasteiger partial charge on any atom is 0.236 e. The summed E-state index contributed by atoms with van der Waals surface area (Å²) in [6, 6.07) is 5.27. The molecule has 0 fully saturated rings. The van der Waals surface area contributed by atoms with Crippen LogP contribution in [-0.2, 0) is 14.8 Å². The Bertz CT molecular complexity index is 604. The van der Waals surface area contributed by atoms with Crippen molar-refractivity contribution in [2.45, 2.75) is 5.75 Å². The fourth-order valence-electron chi connectivity index (χ4n) is 1.49. The third-order valence-electron chi connectivity index (χ3n) is 2.08. The zero-order valence-electron chi connectivity index (χ0n) is 7.50. The standard InChI is InChI=1S/C9H7Cl2NO2S/c10-8-4-12-9-6(5-15(11,13)14)2-1-3-7(8)9/h1-4,12H,5H2. The van der Waals surface area contributed by atoms with Gasteiger partial charge in [0.2, 0.25) is 9.05 Å². The number of aromatic nitrogens is 1. The minimum atomic E-state index is -3.55. The summed E-state index contributed by atoms with van der Waals surface area (Å²) in [6.07, 6.45) is 1.62. The summed E-state index contributed by atoms with van der Waals surface area (Å²) in [5.74, 6) is -0.206. The molecule has 0 bridgehead atoms. The van der Waals surface area contributed by atoms with E-state index in [4.69, 9.17) is 22.3 Å². The number of rotatable bonds is 2. The van der Waals surface area contributed by atoms with Crippen LogP contribution in [0.4, 0.5) is 0 Å². The van der Waals surface area contributed by atoms with Gasteiger partial charge in [-0.1, -0.05) is 29.8 Å². The average molecular weight is 264 g/mol.